The van der Waals surface area contributed by atoms with E-state index in [0.29, 0.717) is 44.9 Å². The first-order valence-corrected chi connectivity index (χ1v) is 11.7. The zero-order chi connectivity index (χ0) is 25.0. The summed E-state index contributed by atoms with van der Waals surface area (Å²) in [6.07, 6.45) is -1.17. The number of pyridine rings is 1. The molecule has 0 aliphatic carbocycles. The molecule has 2 aromatic rings. The maximum absolute atomic E-state index is 12.9. The van der Waals surface area contributed by atoms with Crippen LogP contribution in [0.2, 0.25) is 0 Å². The second-order valence-electron chi connectivity index (χ2n) is 8.83. The summed E-state index contributed by atoms with van der Waals surface area (Å²) >= 11 is 0. The quantitative estimate of drug-likeness (QED) is 0.571. The van der Waals surface area contributed by atoms with Crippen LogP contribution in [-0.4, -0.2) is 55.0 Å². The highest BCUT2D eigenvalue weighted by molar-refractivity contribution is 5.93. The summed E-state index contributed by atoms with van der Waals surface area (Å²) in [5, 5.41) is 0. The van der Waals surface area contributed by atoms with Gasteiger partial charge in [0.05, 0.1) is 18.8 Å². The van der Waals surface area contributed by atoms with E-state index in [1.807, 2.05) is 4.90 Å². The highest BCUT2D eigenvalue weighted by Crippen LogP contribution is 2.29. The summed E-state index contributed by atoms with van der Waals surface area (Å²) in [7, 11) is 1.28. The first kappa shape index (κ1) is 25.2. The van der Waals surface area contributed by atoms with Crippen molar-refractivity contribution in [1.29, 1.82) is 0 Å². The Labute approximate surface area is 201 Å². The second kappa shape index (κ2) is 10.8. The van der Waals surface area contributed by atoms with Crippen molar-refractivity contribution < 1.29 is 32.2 Å². The summed E-state index contributed by atoms with van der Waals surface area (Å²) in [5.74, 6) is -0.386. The van der Waals surface area contributed by atoms with Gasteiger partial charge in [-0.1, -0.05) is 12.1 Å². The fourth-order valence-corrected chi connectivity index (χ4v) is 4.57. The molecule has 0 saturated carbocycles. The molecule has 4 rings (SSSR count). The van der Waals surface area contributed by atoms with Gasteiger partial charge in [-0.05, 0) is 37.0 Å². The van der Waals surface area contributed by atoms with Crippen molar-refractivity contribution in [3.8, 4) is 5.75 Å². The molecule has 2 aliphatic heterocycles. The third-order valence-corrected chi connectivity index (χ3v) is 6.46. The van der Waals surface area contributed by atoms with Crippen LogP contribution in [0.1, 0.15) is 46.4 Å². The highest BCUT2D eigenvalue weighted by Gasteiger charge is 2.30. The summed E-state index contributed by atoms with van der Waals surface area (Å²) in [5.41, 5.74) is 0.549. The molecule has 0 radical (unpaired) electrons. The van der Waals surface area contributed by atoms with E-state index in [4.69, 9.17) is 14.2 Å². The molecule has 1 saturated heterocycles. The Morgan fingerprint density at radius 2 is 1.91 bits per heavy atom. The van der Waals surface area contributed by atoms with Crippen molar-refractivity contribution >= 4 is 5.97 Å². The van der Waals surface area contributed by atoms with Crippen LogP contribution >= 0.6 is 0 Å². The van der Waals surface area contributed by atoms with Gasteiger partial charge in [0, 0.05) is 51.0 Å². The van der Waals surface area contributed by atoms with Crippen molar-refractivity contribution in [3.63, 3.8) is 0 Å². The van der Waals surface area contributed by atoms with E-state index >= 15 is 0 Å². The third kappa shape index (κ3) is 6.05. The minimum absolute atomic E-state index is 0.0879. The molecular formula is C25H29F3N2O5. The lowest BCUT2D eigenvalue weighted by Crippen LogP contribution is -2.30. The number of ether oxygens (including phenoxy) is 3. The molecule has 10 heteroatoms. The minimum Gasteiger partial charge on any atom is -0.490 e. The van der Waals surface area contributed by atoms with Crippen LogP contribution in [0.15, 0.2) is 35.1 Å². The average Bonchev–Trinajstić information content (AvgIpc) is 3.06. The van der Waals surface area contributed by atoms with Gasteiger partial charge in [-0.3, -0.25) is 9.69 Å². The Morgan fingerprint density at radius 3 is 2.57 bits per heavy atom. The van der Waals surface area contributed by atoms with Crippen molar-refractivity contribution in [2.24, 2.45) is 0 Å². The highest BCUT2D eigenvalue weighted by atomic mass is 19.4. The fraction of sp³-hybridized carbons (Fsp3) is 0.520. The zero-order valence-electron chi connectivity index (χ0n) is 19.6. The molecule has 1 atom stereocenters. The van der Waals surface area contributed by atoms with Gasteiger partial charge in [0.15, 0.2) is 0 Å². The molecule has 3 heterocycles. The molecule has 1 unspecified atom stereocenters. The van der Waals surface area contributed by atoms with Crippen LogP contribution in [0.5, 0.6) is 5.75 Å². The van der Waals surface area contributed by atoms with E-state index < -0.39 is 17.7 Å². The summed E-state index contributed by atoms with van der Waals surface area (Å²) in [6.45, 7) is 2.69. The summed E-state index contributed by atoms with van der Waals surface area (Å²) in [6, 6.07) is 6.39. The lowest BCUT2D eigenvalue weighted by Gasteiger charge is -2.24. The van der Waals surface area contributed by atoms with E-state index in [9.17, 15) is 22.8 Å². The van der Waals surface area contributed by atoms with Gasteiger partial charge < -0.3 is 18.8 Å². The zero-order valence-corrected chi connectivity index (χ0v) is 19.6. The lowest BCUT2D eigenvalue weighted by atomic mass is 10.1. The van der Waals surface area contributed by atoms with E-state index in [1.54, 1.807) is 4.57 Å². The molecule has 0 amide bonds. The van der Waals surface area contributed by atoms with Gasteiger partial charge >= 0.3 is 12.1 Å². The Morgan fingerprint density at radius 1 is 1.14 bits per heavy atom. The van der Waals surface area contributed by atoms with Crippen LogP contribution in [-0.2, 0) is 35.2 Å². The van der Waals surface area contributed by atoms with Crippen LogP contribution in [0.25, 0.3) is 0 Å². The maximum Gasteiger partial charge on any atom is 0.416 e. The number of carbonyl (C=O) groups is 1. The number of carbonyl (C=O) groups excluding carboxylic acids is 1. The van der Waals surface area contributed by atoms with Crippen LogP contribution in [0, 0.1) is 0 Å². The molecule has 0 spiro atoms. The molecular weight excluding hydrogens is 465 g/mol. The fourth-order valence-electron chi connectivity index (χ4n) is 4.57. The number of nitrogens with zero attached hydrogens (tertiary/aromatic N) is 2. The molecule has 35 heavy (non-hydrogen) atoms. The van der Waals surface area contributed by atoms with Gasteiger partial charge in [0.1, 0.15) is 17.9 Å². The number of hydrogen-bond donors (Lipinski definition) is 0. The third-order valence-electron chi connectivity index (χ3n) is 6.46. The monoisotopic (exact) mass is 494 g/mol. The Balaban J connectivity index is 1.52. The molecule has 1 aromatic heterocycles. The van der Waals surface area contributed by atoms with E-state index in [1.165, 1.54) is 25.3 Å². The molecule has 7 nitrogen and oxygen atoms in total. The number of aromatic nitrogens is 1. The van der Waals surface area contributed by atoms with Crippen molar-refractivity contribution in [1.82, 2.24) is 9.47 Å². The Hall–Kier alpha value is -2.85. The lowest BCUT2D eigenvalue weighted by molar-refractivity contribution is -0.137. The number of alkyl halides is 3. The number of rotatable bonds is 6. The van der Waals surface area contributed by atoms with E-state index in [2.05, 4.69) is 0 Å². The molecule has 1 aromatic carbocycles. The molecule has 2 aliphatic rings. The van der Waals surface area contributed by atoms with Gasteiger partial charge in [-0.2, -0.15) is 13.2 Å². The summed E-state index contributed by atoms with van der Waals surface area (Å²) in [4.78, 5) is 27.7. The number of esters is 1. The molecule has 190 valence electrons. The second-order valence-corrected chi connectivity index (χ2v) is 8.83. The molecule has 0 bridgehead atoms. The van der Waals surface area contributed by atoms with Crippen molar-refractivity contribution in [3.05, 3.63) is 63.1 Å². The SMILES string of the molecule is COC(=O)c1c(OCC2CCCCO2)cc(=O)n2c1CCN(Cc1ccc(C(F)(F)F)cc1)CC2. The van der Waals surface area contributed by atoms with Gasteiger partial charge in [0.25, 0.3) is 5.56 Å². The number of halogens is 3. The van der Waals surface area contributed by atoms with Crippen LogP contribution in [0.4, 0.5) is 13.2 Å². The Bertz CT molecular complexity index is 1090. The standard InChI is InChI=1S/C25H29F3N2O5/c1-33-24(32)23-20-9-10-29(15-17-5-7-18(8-6-17)25(26,27)28)11-12-30(20)22(31)14-21(23)35-16-19-4-2-3-13-34-19/h5-8,14,19H,2-4,9-13,15-16H2,1H3. The normalized spacial score (nSPS) is 19.0. The first-order chi connectivity index (χ1) is 16.8. The van der Waals surface area contributed by atoms with Gasteiger partial charge in [0.2, 0.25) is 0 Å². The van der Waals surface area contributed by atoms with Gasteiger partial charge in [-0.15, -0.1) is 0 Å². The van der Waals surface area contributed by atoms with Crippen LogP contribution < -0.4 is 10.3 Å². The maximum atomic E-state index is 12.9. The Kier molecular flexibility index (Phi) is 7.81. The number of benzene rings is 1. The minimum atomic E-state index is -4.38. The summed E-state index contributed by atoms with van der Waals surface area (Å²) < 4.78 is 56.7. The molecule has 1 fully saturated rings. The largest absolute Gasteiger partial charge is 0.490 e. The number of fused-ring (bicyclic) bond motifs is 1. The first-order valence-electron chi connectivity index (χ1n) is 11.7. The smallest absolute Gasteiger partial charge is 0.416 e. The predicted molar refractivity (Wildman–Crippen MR) is 122 cm³/mol. The van der Waals surface area contributed by atoms with E-state index in [0.717, 1.165) is 37.0 Å². The number of methoxy groups -OCH3 is 1. The average molecular weight is 495 g/mol. The molecule has 0 N–H and O–H groups in total. The topological polar surface area (TPSA) is 70.0 Å². The number of hydrogen-bond acceptors (Lipinski definition) is 6. The van der Waals surface area contributed by atoms with E-state index in [-0.39, 0.29) is 29.6 Å². The van der Waals surface area contributed by atoms with Crippen LogP contribution in [0.3, 0.4) is 0 Å². The predicted octanol–water partition coefficient (Wildman–Crippen LogP) is 3.66. The van der Waals surface area contributed by atoms with Crippen molar-refractivity contribution in [2.75, 3.05) is 33.4 Å². The van der Waals surface area contributed by atoms with Gasteiger partial charge in [-0.25, -0.2) is 4.79 Å². The van der Waals surface area contributed by atoms with Crippen molar-refractivity contribution in [2.45, 2.75) is 51.1 Å².